The van der Waals surface area contributed by atoms with E-state index >= 15 is 0 Å². The Hall–Kier alpha value is -2.74. The van der Waals surface area contributed by atoms with Crippen LogP contribution in [0.5, 0.6) is 0 Å². The van der Waals surface area contributed by atoms with Crippen molar-refractivity contribution in [3.63, 3.8) is 0 Å². The standard InChI is InChI=1S/C18H8Cl2N2O4S/c19-12-5-4-9(7-13(12)20)14-8-27-17(21-14)11-6-10-2-1-3-15(22(24)25)16(10)26-18(11)23/h1-8H. The van der Waals surface area contributed by atoms with Crippen LogP contribution in [0.2, 0.25) is 10.0 Å². The van der Waals surface area contributed by atoms with Crippen LogP contribution in [0.3, 0.4) is 0 Å². The molecule has 0 N–H and O–H groups in total. The highest BCUT2D eigenvalue weighted by Gasteiger charge is 2.18. The summed E-state index contributed by atoms with van der Waals surface area (Å²) in [6.07, 6.45) is 0. The molecule has 2 aromatic carbocycles. The predicted molar refractivity (Wildman–Crippen MR) is 106 cm³/mol. The summed E-state index contributed by atoms with van der Waals surface area (Å²) in [6.45, 7) is 0. The van der Waals surface area contributed by atoms with E-state index in [0.29, 0.717) is 26.1 Å². The number of nitrogens with zero attached hydrogens (tertiary/aromatic N) is 2. The van der Waals surface area contributed by atoms with Gasteiger partial charge in [0, 0.05) is 22.4 Å². The van der Waals surface area contributed by atoms with Gasteiger partial charge in [-0.05, 0) is 18.2 Å². The number of fused-ring (bicyclic) bond motifs is 1. The normalized spacial score (nSPS) is 11.0. The number of para-hydroxylation sites is 1. The quantitative estimate of drug-likeness (QED) is 0.238. The minimum absolute atomic E-state index is 0.0579. The molecule has 2 heterocycles. The van der Waals surface area contributed by atoms with Gasteiger partial charge in [0.05, 0.1) is 26.2 Å². The topological polar surface area (TPSA) is 86.2 Å². The first-order valence-electron chi connectivity index (χ1n) is 7.56. The van der Waals surface area contributed by atoms with E-state index in [9.17, 15) is 14.9 Å². The highest BCUT2D eigenvalue weighted by molar-refractivity contribution is 7.13. The van der Waals surface area contributed by atoms with Crippen LogP contribution in [0, 0.1) is 10.1 Å². The molecule has 2 aromatic heterocycles. The molecule has 0 unspecified atom stereocenters. The van der Waals surface area contributed by atoms with Crippen LogP contribution in [0.15, 0.2) is 57.1 Å². The minimum Gasteiger partial charge on any atom is -0.415 e. The smallest absolute Gasteiger partial charge is 0.346 e. The van der Waals surface area contributed by atoms with Gasteiger partial charge in [-0.25, -0.2) is 9.78 Å². The van der Waals surface area contributed by atoms with Crippen LogP contribution >= 0.6 is 34.5 Å². The van der Waals surface area contributed by atoms with Crippen LogP contribution < -0.4 is 5.63 Å². The lowest BCUT2D eigenvalue weighted by Gasteiger charge is -2.01. The van der Waals surface area contributed by atoms with E-state index in [-0.39, 0.29) is 16.8 Å². The fourth-order valence-electron chi connectivity index (χ4n) is 2.61. The molecule has 4 rings (SSSR count). The average Bonchev–Trinajstić information content (AvgIpc) is 3.12. The van der Waals surface area contributed by atoms with Crippen LogP contribution in [-0.4, -0.2) is 9.91 Å². The molecule has 0 spiro atoms. The highest BCUT2D eigenvalue weighted by Crippen LogP contribution is 2.33. The van der Waals surface area contributed by atoms with Gasteiger partial charge in [-0.15, -0.1) is 11.3 Å². The van der Waals surface area contributed by atoms with Gasteiger partial charge in [-0.2, -0.15) is 0 Å². The second-order valence-corrected chi connectivity index (χ2v) is 7.24. The van der Waals surface area contributed by atoms with E-state index < -0.39 is 10.5 Å². The Bertz CT molecular complexity index is 1270. The zero-order chi connectivity index (χ0) is 19.1. The zero-order valence-corrected chi connectivity index (χ0v) is 15.6. The molecule has 27 heavy (non-hydrogen) atoms. The van der Waals surface area contributed by atoms with Gasteiger partial charge >= 0.3 is 11.3 Å². The summed E-state index contributed by atoms with van der Waals surface area (Å²) in [4.78, 5) is 27.4. The predicted octanol–water partition coefficient (Wildman–Crippen LogP) is 5.80. The molecule has 9 heteroatoms. The summed E-state index contributed by atoms with van der Waals surface area (Å²) in [6, 6.07) is 11.1. The summed E-state index contributed by atoms with van der Waals surface area (Å²) in [5.74, 6) is 0. The first-order chi connectivity index (χ1) is 12.9. The molecule has 4 aromatic rings. The van der Waals surface area contributed by atoms with Gasteiger partial charge in [0.2, 0.25) is 5.58 Å². The van der Waals surface area contributed by atoms with Gasteiger partial charge in [-0.1, -0.05) is 41.4 Å². The lowest BCUT2D eigenvalue weighted by atomic mass is 10.1. The van der Waals surface area contributed by atoms with Crippen molar-refractivity contribution in [3.8, 4) is 21.8 Å². The molecule has 134 valence electrons. The number of halogens is 2. The van der Waals surface area contributed by atoms with E-state index in [1.165, 1.54) is 23.5 Å². The maximum Gasteiger partial charge on any atom is 0.346 e. The first kappa shape index (κ1) is 17.7. The van der Waals surface area contributed by atoms with Gasteiger partial charge in [0.1, 0.15) is 5.01 Å². The molecule has 0 saturated heterocycles. The van der Waals surface area contributed by atoms with Crippen molar-refractivity contribution in [2.45, 2.75) is 0 Å². The Balaban J connectivity index is 1.82. The number of nitro groups is 1. The summed E-state index contributed by atoms with van der Waals surface area (Å²) < 4.78 is 5.22. The molecule has 0 amide bonds. The third kappa shape index (κ3) is 3.21. The maximum atomic E-state index is 12.4. The fourth-order valence-corrected chi connectivity index (χ4v) is 3.74. The van der Waals surface area contributed by atoms with Gasteiger partial charge in [0.25, 0.3) is 0 Å². The van der Waals surface area contributed by atoms with Crippen molar-refractivity contribution >= 4 is 51.2 Å². The largest absolute Gasteiger partial charge is 0.415 e. The van der Waals surface area contributed by atoms with E-state index in [4.69, 9.17) is 27.6 Å². The van der Waals surface area contributed by atoms with Crippen LogP contribution in [0.4, 0.5) is 5.69 Å². The third-order valence-corrected chi connectivity index (χ3v) is 5.50. The Labute approximate surface area is 165 Å². The Morgan fingerprint density at radius 1 is 1.11 bits per heavy atom. The van der Waals surface area contributed by atoms with Gasteiger partial charge in [0.15, 0.2) is 0 Å². The van der Waals surface area contributed by atoms with Crippen LogP contribution in [0.1, 0.15) is 0 Å². The summed E-state index contributed by atoms with van der Waals surface area (Å²) in [7, 11) is 0. The number of benzene rings is 2. The molecule has 0 aliphatic rings. The third-order valence-electron chi connectivity index (χ3n) is 3.89. The van der Waals surface area contributed by atoms with E-state index in [2.05, 4.69) is 4.98 Å². The molecule has 6 nitrogen and oxygen atoms in total. The number of hydrogen-bond acceptors (Lipinski definition) is 6. The summed E-state index contributed by atoms with van der Waals surface area (Å²) >= 11 is 13.2. The van der Waals surface area contributed by atoms with Crippen molar-refractivity contribution in [2.75, 3.05) is 0 Å². The molecular formula is C18H8Cl2N2O4S. The number of rotatable bonds is 3. The van der Waals surface area contributed by atoms with E-state index in [1.807, 2.05) is 0 Å². The van der Waals surface area contributed by atoms with Crippen molar-refractivity contribution in [3.05, 3.63) is 78.4 Å². The Morgan fingerprint density at radius 2 is 1.93 bits per heavy atom. The SMILES string of the molecule is O=c1oc2c([N+](=O)[O-])cccc2cc1-c1nc(-c2ccc(Cl)c(Cl)c2)cs1. The van der Waals surface area contributed by atoms with Gasteiger partial charge < -0.3 is 4.42 Å². The monoisotopic (exact) mass is 418 g/mol. The lowest BCUT2D eigenvalue weighted by molar-refractivity contribution is -0.383. The first-order valence-corrected chi connectivity index (χ1v) is 9.20. The highest BCUT2D eigenvalue weighted by atomic mass is 35.5. The number of thiazole rings is 1. The molecule has 0 saturated carbocycles. The molecule has 0 atom stereocenters. The number of hydrogen-bond donors (Lipinski definition) is 0. The molecule has 0 aliphatic carbocycles. The molecule has 0 radical (unpaired) electrons. The van der Waals surface area contributed by atoms with Crippen molar-refractivity contribution in [1.82, 2.24) is 4.98 Å². The Kier molecular flexibility index (Phi) is 4.43. The van der Waals surface area contributed by atoms with Gasteiger partial charge in [-0.3, -0.25) is 10.1 Å². The zero-order valence-electron chi connectivity index (χ0n) is 13.3. The number of aromatic nitrogens is 1. The van der Waals surface area contributed by atoms with Crippen LogP contribution in [0.25, 0.3) is 32.8 Å². The molecular weight excluding hydrogens is 411 g/mol. The minimum atomic E-state index is -0.688. The second kappa shape index (κ2) is 6.77. The number of non-ortho nitro benzene ring substituents is 1. The average molecular weight is 419 g/mol. The molecule has 0 bridgehead atoms. The van der Waals surface area contributed by atoms with Crippen LogP contribution in [-0.2, 0) is 0 Å². The van der Waals surface area contributed by atoms with Crippen molar-refractivity contribution in [1.29, 1.82) is 0 Å². The molecule has 0 aliphatic heterocycles. The van der Waals surface area contributed by atoms with Crippen molar-refractivity contribution in [2.24, 2.45) is 0 Å². The number of nitro benzene ring substituents is 1. The summed E-state index contributed by atoms with van der Waals surface area (Å²) in [5, 5.41) is 14.6. The Morgan fingerprint density at radius 3 is 2.67 bits per heavy atom. The van der Waals surface area contributed by atoms with E-state index in [0.717, 1.165) is 5.56 Å². The fraction of sp³-hybridized carbons (Fsp3) is 0. The maximum absolute atomic E-state index is 12.4. The second-order valence-electron chi connectivity index (χ2n) is 5.57. The lowest BCUT2D eigenvalue weighted by Crippen LogP contribution is -2.03. The van der Waals surface area contributed by atoms with E-state index in [1.54, 1.807) is 35.7 Å². The summed E-state index contributed by atoms with van der Waals surface area (Å²) in [5.41, 5.74) is 0.621. The van der Waals surface area contributed by atoms with Crippen molar-refractivity contribution < 1.29 is 9.34 Å². The molecule has 0 fully saturated rings.